The molecular formula is C9H13F3N2OS. The van der Waals surface area contributed by atoms with Gasteiger partial charge in [0.2, 0.25) is 0 Å². The molecule has 7 heteroatoms. The highest BCUT2D eigenvalue weighted by Crippen LogP contribution is 2.19. The van der Waals surface area contributed by atoms with Crippen LogP contribution in [0.4, 0.5) is 13.2 Å². The number of hydrogen-bond acceptors (Lipinski definition) is 4. The fraction of sp³-hybridized carbons (Fsp3) is 0.667. The van der Waals surface area contributed by atoms with Crippen LogP contribution in [0.3, 0.4) is 0 Å². The summed E-state index contributed by atoms with van der Waals surface area (Å²) in [4.78, 5) is 5.23. The Balaban J connectivity index is 2.57. The van der Waals surface area contributed by atoms with E-state index < -0.39 is 12.7 Å². The molecule has 0 spiro atoms. The van der Waals surface area contributed by atoms with Crippen LogP contribution >= 0.6 is 11.3 Å². The molecule has 0 unspecified atom stereocenters. The zero-order valence-corrected chi connectivity index (χ0v) is 9.61. The molecule has 0 atom stereocenters. The molecule has 0 aromatic carbocycles. The van der Waals surface area contributed by atoms with Crippen LogP contribution in [0.5, 0.6) is 0 Å². The molecule has 0 saturated heterocycles. The van der Waals surface area contributed by atoms with Gasteiger partial charge in [0.05, 0.1) is 19.7 Å². The molecule has 0 aliphatic heterocycles. The molecule has 0 bridgehead atoms. The Labute approximate surface area is 95.5 Å². The molecular weight excluding hydrogens is 241 g/mol. The Morgan fingerprint density at radius 2 is 2.19 bits per heavy atom. The number of alkyl halides is 3. The summed E-state index contributed by atoms with van der Waals surface area (Å²) in [6.45, 7) is 0.601. The maximum atomic E-state index is 12.2. The maximum Gasteiger partial charge on any atom is 0.401 e. The SMILES string of the molecule is Cc1csc(CN(CCO)CC(F)(F)F)n1. The van der Waals surface area contributed by atoms with Crippen molar-refractivity contribution in [3.63, 3.8) is 0 Å². The van der Waals surface area contributed by atoms with Gasteiger partial charge in [-0.1, -0.05) is 0 Å². The van der Waals surface area contributed by atoms with E-state index in [1.807, 2.05) is 0 Å². The number of rotatable bonds is 5. The lowest BCUT2D eigenvalue weighted by Crippen LogP contribution is -2.35. The lowest BCUT2D eigenvalue weighted by molar-refractivity contribution is -0.147. The summed E-state index contributed by atoms with van der Waals surface area (Å²) in [5, 5.41) is 11.1. The van der Waals surface area contributed by atoms with Crippen LogP contribution < -0.4 is 0 Å². The van der Waals surface area contributed by atoms with Crippen molar-refractivity contribution in [2.45, 2.75) is 19.6 Å². The van der Waals surface area contributed by atoms with Crippen molar-refractivity contribution in [2.24, 2.45) is 0 Å². The summed E-state index contributed by atoms with van der Waals surface area (Å²) in [5.74, 6) is 0. The summed E-state index contributed by atoms with van der Waals surface area (Å²) >= 11 is 1.33. The fourth-order valence-electron chi connectivity index (χ4n) is 1.28. The third-order valence-corrected chi connectivity index (χ3v) is 2.80. The smallest absolute Gasteiger partial charge is 0.395 e. The second kappa shape index (κ2) is 5.60. The Kier molecular flexibility index (Phi) is 4.69. The second-order valence-corrected chi connectivity index (χ2v) is 4.37. The van der Waals surface area contributed by atoms with E-state index in [0.29, 0.717) is 5.01 Å². The molecule has 0 aliphatic carbocycles. The zero-order chi connectivity index (χ0) is 12.2. The van der Waals surface area contributed by atoms with E-state index in [1.54, 1.807) is 12.3 Å². The predicted octanol–water partition coefficient (Wildman–Crippen LogP) is 1.81. The predicted molar refractivity (Wildman–Crippen MR) is 55.3 cm³/mol. The summed E-state index contributed by atoms with van der Waals surface area (Å²) in [6.07, 6.45) is -4.25. The van der Waals surface area contributed by atoms with E-state index in [0.717, 1.165) is 10.6 Å². The van der Waals surface area contributed by atoms with Gasteiger partial charge in [-0.25, -0.2) is 4.98 Å². The molecule has 0 radical (unpaired) electrons. The average Bonchev–Trinajstić information content (AvgIpc) is 2.48. The molecule has 0 amide bonds. The van der Waals surface area contributed by atoms with E-state index in [-0.39, 0.29) is 19.7 Å². The molecule has 3 nitrogen and oxygen atoms in total. The van der Waals surface area contributed by atoms with Gasteiger partial charge in [-0.3, -0.25) is 4.90 Å². The van der Waals surface area contributed by atoms with Gasteiger partial charge >= 0.3 is 6.18 Å². The number of aliphatic hydroxyl groups excluding tert-OH is 1. The van der Waals surface area contributed by atoms with Gasteiger partial charge in [0.1, 0.15) is 5.01 Å². The monoisotopic (exact) mass is 254 g/mol. The molecule has 16 heavy (non-hydrogen) atoms. The summed E-state index contributed by atoms with van der Waals surface area (Å²) in [6, 6.07) is 0. The first-order valence-corrected chi connectivity index (χ1v) is 5.59. The summed E-state index contributed by atoms with van der Waals surface area (Å²) in [5.41, 5.74) is 0.802. The molecule has 0 aliphatic rings. The molecule has 0 fully saturated rings. The van der Waals surface area contributed by atoms with Gasteiger partial charge < -0.3 is 5.11 Å². The number of aromatic nitrogens is 1. The molecule has 1 heterocycles. The van der Waals surface area contributed by atoms with E-state index >= 15 is 0 Å². The van der Waals surface area contributed by atoms with Crippen molar-refractivity contribution in [3.8, 4) is 0 Å². The highest BCUT2D eigenvalue weighted by Gasteiger charge is 2.30. The van der Waals surface area contributed by atoms with Crippen LogP contribution in [0.25, 0.3) is 0 Å². The largest absolute Gasteiger partial charge is 0.401 e. The first-order chi connectivity index (χ1) is 7.40. The van der Waals surface area contributed by atoms with Crippen molar-refractivity contribution >= 4 is 11.3 Å². The minimum absolute atomic E-state index is 0.00185. The van der Waals surface area contributed by atoms with Crippen molar-refractivity contribution in [1.29, 1.82) is 0 Å². The van der Waals surface area contributed by atoms with Crippen LogP contribution in [0.1, 0.15) is 10.7 Å². The van der Waals surface area contributed by atoms with Gasteiger partial charge in [0.25, 0.3) is 0 Å². The zero-order valence-electron chi connectivity index (χ0n) is 8.79. The number of aryl methyl sites for hydroxylation is 1. The second-order valence-electron chi connectivity index (χ2n) is 3.43. The number of hydrogen-bond donors (Lipinski definition) is 1. The Hall–Kier alpha value is -0.660. The topological polar surface area (TPSA) is 36.4 Å². The molecule has 0 saturated carbocycles. The van der Waals surface area contributed by atoms with Crippen molar-refractivity contribution in [3.05, 3.63) is 16.1 Å². The molecule has 1 aromatic rings. The highest BCUT2D eigenvalue weighted by atomic mass is 32.1. The van der Waals surface area contributed by atoms with Crippen LogP contribution in [0.2, 0.25) is 0 Å². The summed E-state index contributed by atoms with van der Waals surface area (Å²) in [7, 11) is 0. The van der Waals surface area contributed by atoms with Gasteiger partial charge in [-0.15, -0.1) is 11.3 Å². The molecule has 92 valence electrons. The van der Waals surface area contributed by atoms with E-state index in [4.69, 9.17) is 5.11 Å². The number of halogens is 3. The Morgan fingerprint density at radius 3 is 2.62 bits per heavy atom. The van der Waals surface area contributed by atoms with Gasteiger partial charge in [-0.05, 0) is 6.92 Å². The van der Waals surface area contributed by atoms with E-state index in [1.165, 1.54) is 11.3 Å². The van der Waals surface area contributed by atoms with Crippen molar-refractivity contribution in [2.75, 3.05) is 19.7 Å². The fourth-order valence-corrected chi connectivity index (χ4v) is 2.09. The number of aliphatic hydroxyl groups is 1. The lowest BCUT2D eigenvalue weighted by Gasteiger charge is -2.21. The molecule has 1 rings (SSSR count). The quantitative estimate of drug-likeness (QED) is 0.870. The minimum Gasteiger partial charge on any atom is -0.395 e. The summed E-state index contributed by atoms with van der Waals surface area (Å²) < 4.78 is 36.6. The van der Waals surface area contributed by atoms with Crippen LogP contribution in [-0.2, 0) is 6.54 Å². The lowest BCUT2D eigenvalue weighted by atomic mass is 10.4. The standard InChI is InChI=1S/C9H13F3N2OS/c1-7-5-16-8(13-7)4-14(2-3-15)6-9(10,11)12/h5,15H,2-4,6H2,1H3. The maximum absolute atomic E-state index is 12.2. The molecule has 1 N–H and O–H groups in total. The first kappa shape index (κ1) is 13.4. The third-order valence-electron chi connectivity index (χ3n) is 1.84. The van der Waals surface area contributed by atoms with E-state index in [9.17, 15) is 13.2 Å². The molecule has 1 aromatic heterocycles. The average molecular weight is 254 g/mol. The minimum atomic E-state index is -4.25. The van der Waals surface area contributed by atoms with Crippen LogP contribution in [-0.4, -0.2) is 40.9 Å². The first-order valence-electron chi connectivity index (χ1n) is 4.71. The third kappa shape index (κ3) is 4.91. The van der Waals surface area contributed by atoms with Crippen molar-refractivity contribution in [1.82, 2.24) is 9.88 Å². The van der Waals surface area contributed by atoms with Gasteiger partial charge in [0, 0.05) is 17.6 Å². The Bertz CT molecular complexity index is 327. The van der Waals surface area contributed by atoms with Crippen molar-refractivity contribution < 1.29 is 18.3 Å². The number of nitrogens with zero attached hydrogens (tertiary/aromatic N) is 2. The van der Waals surface area contributed by atoms with Gasteiger partial charge in [0.15, 0.2) is 0 Å². The Morgan fingerprint density at radius 1 is 1.50 bits per heavy atom. The normalized spacial score (nSPS) is 12.4. The van der Waals surface area contributed by atoms with Gasteiger partial charge in [-0.2, -0.15) is 13.2 Å². The van der Waals surface area contributed by atoms with Crippen LogP contribution in [0, 0.1) is 6.92 Å². The van der Waals surface area contributed by atoms with E-state index in [2.05, 4.69) is 4.98 Å². The highest BCUT2D eigenvalue weighted by molar-refractivity contribution is 7.09. The van der Waals surface area contributed by atoms with Crippen LogP contribution in [0.15, 0.2) is 5.38 Å². The number of thiazole rings is 1.